The predicted molar refractivity (Wildman–Crippen MR) is 93.1 cm³/mol. The van der Waals surface area contributed by atoms with E-state index in [4.69, 9.17) is 4.74 Å². The summed E-state index contributed by atoms with van der Waals surface area (Å²) in [5.74, 6) is -0.693. The fourth-order valence-corrected chi connectivity index (χ4v) is 3.48. The molecule has 1 amide bonds. The van der Waals surface area contributed by atoms with E-state index in [2.05, 4.69) is 4.98 Å². The number of fused-ring (bicyclic) bond motifs is 1. The summed E-state index contributed by atoms with van der Waals surface area (Å²) in [6, 6.07) is 11.9. The Balaban J connectivity index is 1.85. The molecule has 0 aliphatic carbocycles. The molecule has 2 aromatic carbocycles. The lowest BCUT2D eigenvalue weighted by Crippen LogP contribution is -2.29. The standard InChI is InChI=1S/C18H17FN2O2S/c1-11(17-20-14-6-4-5-7-16(14)24-17)21(2)18(22)12-8-9-15(23-3)13(19)10-12/h4-11H,1-3H3/t11-/m1/s1. The monoisotopic (exact) mass is 344 g/mol. The van der Waals surface area contributed by atoms with Crippen molar-refractivity contribution in [2.75, 3.05) is 14.2 Å². The molecule has 0 aliphatic heterocycles. The Kier molecular flexibility index (Phi) is 4.49. The van der Waals surface area contributed by atoms with Gasteiger partial charge in [-0.05, 0) is 37.3 Å². The number of ether oxygens (including phenoxy) is 1. The van der Waals surface area contributed by atoms with Crippen LogP contribution in [0.25, 0.3) is 10.2 Å². The predicted octanol–water partition coefficient (Wildman–Crippen LogP) is 4.28. The zero-order valence-electron chi connectivity index (χ0n) is 13.6. The van der Waals surface area contributed by atoms with E-state index in [1.54, 1.807) is 29.4 Å². The van der Waals surface area contributed by atoms with Crippen LogP contribution in [0.1, 0.15) is 28.3 Å². The number of amides is 1. The van der Waals surface area contributed by atoms with Gasteiger partial charge in [-0.1, -0.05) is 12.1 Å². The average molecular weight is 344 g/mol. The fraction of sp³-hybridized carbons (Fsp3) is 0.222. The second kappa shape index (κ2) is 6.57. The summed E-state index contributed by atoms with van der Waals surface area (Å²) in [4.78, 5) is 18.8. The number of hydrogen-bond donors (Lipinski definition) is 0. The van der Waals surface area contributed by atoms with E-state index in [0.29, 0.717) is 0 Å². The van der Waals surface area contributed by atoms with Gasteiger partial charge in [0.1, 0.15) is 5.01 Å². The van der Waals surface area contributed by atoms with E-state index in [0.717, 1.165) is 15.2 Å². The molecular formula is C18H17FN2O2S. The Morgan fingerprint density at radius 3 is 2.71 bits per heavy atom. The molecule has 0 N–H and O–H groups in total. The Labute approximate surface area is 143 Å². The van der Waals surface area contributed by atoms with Gasteiger partial charge in [-0.2, -0.15) is 0 Å². The van der Waals surface area contributed by atoms with Crippen LogP contribution in [0.3, 0.4) is 0 Å². The summed E-state index contributed by atoms with van der Waals surface area (Å²) >= 11 is 1.56. The minimum Gasteiger partial charge on any atom is -0.494 e. The highest BCUT2D eigenvalue weighted by Crippen LogP contribution is 2.29. The molecule has 0 spiro atoms. The molecule has 0 unspecified atom stereocenters. The largest absolute Gasteiger partial charge is 0.494 e. The molecule has 0 saturated heterocycles. The third kappa shape index (κ3) is 2.97. The lowest BCUT2D eigenvalue weighted by molar-refractivity contribution is 0.0742. The quantitative estimate of drug-likeness (QED) is 0.709. The molecule has 1 atom stereocenters. The van der Waals surface area contributed by atoms with E-state index < -0.39 is 5.82 Å². The number of rotatable bonds is 4. The van der Waals surface area contributed by atoms with Crippen LogP contribution < -0.4 is 4.74 Å². The maximum atomic E-state index is 13.8. The molecule has 6 heteroatoms. The normalized spacial score (nSPS) is 12.2. The Hall–Kier alpha value is -2.47. The van der Waals surface area contributed by atoms with Crippen LogP contribution in [0.4, 0.5) is 4.39 Å². The number of thiazole rings is 1. The minimum absolute atomic E-state index is 0.119. The van der Waals surface area contributed by atoms with Crippen LogP contribution >= 0.6 is 11.3 Å². The highest BCUT2D eigenvalue weighted by molar-refractivity contribution is 7.18. The third-order valence-corrected chi connectivity index (χ3v) is 5.17. The molecule has 24 heavy (non-hydrogen) atoms. The van der Waals surface area contributed by atoms with Gasteiger partial charge in [0.2, 0.25) is 0 Å². The van der Waals surface area contributed by atoms with Gasteiger partial charge in [-0.25, -0.2) is 9.37 Å². The number of para-hydroxylation sites is 1. The first kappa shape index (κ1) is 16.4. The molecular weight excluding hydrogens is 327 g/mol. The van der Waals surface area contributed by atoms with Crippen molar-refractivity contribution in [3.63, 3.8) is 0 Å². The average Bonchev–Trinajstić information content (AvgIpc) is 3.03. The van der Waals surface area contributed by atoms with Crippen LogP contribution in [0, 0.1) is 5.82 Å². The smallest absolute Gasteiger partial charge is 0.254 e. The zero-order chi connectivity index (χ0) is 17.3. The van der Waals surface area contributed by atoms with Crippen molar-refractivity contribution < 1.29 is 13.9 Å². The Morgan fingerprint density at radius 1 is 1.29 bits per heavy atom. The van der Waals surface area contributed by atoms with Gasteiger partial charge in [-0.15, -0.1) is 11.3 Å². The second-order valence-corrected chi connectivity index (χ2v) is 6.52. The maximum absolute atomic E-state index is 13.8. The molecule has 1 aromatic heterocycles. The number of carbonyl (C=O) groups excluding carboxylic acids is 1. The van der Waals surface area contributed by atoms with Crippen LogP contribution in [-0.4, -0.2) is 29.9 Å². The summed E-state index contributed by atoms with van der Waals surface area (Å²) < 4.78 is 19.8. The topological polar surface area (TPSA) is 42.4 Å². The van der Waals surface area contributed by atoms with Gasteiger partial charge in [0.05, 0.1) is 23.4 Å². The van der Waals surface area contributed by atoms with Gasteiger partial charge < -0.3 is 9.64 Å². The molecule has 3 rings (SSSR count). The number of halogens is 1. The summed E-state index contributed by atoms with van der Waals surface area (Å²) in [6.07, 6.45) is 0. The van der Waals surface area contributed by atoms with Crippen LogP contribution in [0.15, 0.2) is 42.5 Å². The van der Waals surface area contributed by atoms with E-state index in [1.807, 2.05) is 31.2 Å². The van der Waals surface area contributed by atoms with Gasteiger partial charge in [0, 0.05) is 12.6 Å². The third-order valence-electron chi connectivity index (χ3n) is 3.97. The van der Waals surface area contributed by atoms with Gasteiger partial charge in [-0.3, -0.25) is 4.79 Å². The fourth-order valence-electron chi connectivity index (χ4n) is 2.41. The van der Waals surface area contributed by atoms with Gasteiger partial charge in [0.15, 0.2) is 11.6 Å². The van der Waals surface area contributed by atoms with Crippen molar-refractivity contribution in [1.82, 2.24) is 9.88 Å². The Bertz CT molecular complexity index is 861. The van der Waals surface area contributed by atoms with Crippen molar-refractivity contribution in [3.8, 4) is 5.75 Å². The van der Waals surface area contributed by atoms with Gasteiger partial charge >= 0.3 is 0 Å². The summed E-state index contributed by atoms with van der Waals surface area (Å²) in [5.41, 5.74) is 1.20. The van der Waals surface area contributed by atoms with Crippen molar-refractivity contribution in [2.24, 2.45) is 0 Å². The number of hydrogen-bond acceptors (Lipinski definition) is 4. The first-order valence-electron chi connectivity index (χ1n) is 7.47. The maximum Gasteiger partial charge on any atom is 0.254 e. The number of methoxy groups -OCH3 is 1. The number of aromatic nitrogens is 1. The highest BCUT2D eigenvalue weighted by Gasteiger charge is 2.22. The van der Waals surface area contributed by atoms with Crippen molar-refractivity contribution in [1.29, 1.82) is 0 Å². The molecule has 1 heterocycles. The van der Waals surface area contributed by atoms with Crippen LogP contribution in [-0.2, 0) is 0 Å². The molecule has 3 aromatic rings. The molecule has 0 aliphatic rings. The van der Waals surface area contributed by atoms with Crippen molar-refractivity contribution in [2.45, 2.75) is 13.0 Å². The van der Waals surface area contributed by atoms with Crippen LogP contribution in [0.2, 0.25) is 0 Å². The molecule has 124 valence electrons. The SMILES string of the molecule is COc1ccc(C(=O)N(C)[C@H](C)c2nc3ccccc3s2)cc1F. The summed E-state index contributed by atoms with van der Waals surface area (Å²) in [6.45, 7) is 1.91. The first-order valence-corrected chi connectivity index (χ1v) is 8.29. The van der Waals surface area contributed by atoms with E-state index in [9.17, 15) is 9.18 Å². The molecule has 0 bridgehead atoms. The molecule has 0 saturated carbocycles. The van der Waals surface area contributed by atoms with Crippen molar-refractivity contribution >= 4 is 27.5 Å². The lowest BCUT2D eigenvalue weighted by Gasteiger charge is -2.23. The molecule has 0 fully saturated rings. The highest BCUT2D eigenvalue weighted by atomic mass is 32.1. The second-order valence-electron chi connectivity index (χ2n) is 5.46. The molecule has 4 nitrogen and oxygen atoms in total. The lowest BCUT2D eigenvalue weighted by atomic mass is 10.1. The van der Waals surface area contributed by atoms with Crippen LogP contribution in [0.5, 0.6) is 5.75 Å². The minimum atomic E-state index is -0.551. The van der Waals surface area contributed by atoms with E-state index in [1.165, 1.54) is 19.2 Å². The number of benzene rings is 2. The van der Waals surface area contributed by atoms with E-state index in [-0.39, 0.29) is 23.3 Å². The summed E-state index contributed by atoms with van der Waals surface area (Å²) in [7, 11) is 3.09. The zero-order valence-corrected chi connectivity index (χ0v) is 14.4. The van der Waals surface area contributed by atoms with Crippen molar-refractivity contribution in [3.05, 3.63) is 58.9 Å². The Morgan fingerprint density at radius 2 is 2.04 bits per heavy atom. The van der Waals surface area contributed by atoms with Gasteiger partial charge in [0.25, 0.3) is 5.91 Å². The number of nitrogens with zero attached hydrogens (tertiary/aromatic N) is 2. The first-order chi connectivity index (χ1) is 11.5. The molecule has 0 radical (unpaired) electrons. The number of carbonyl (C=O) groups is 1. The van der Waals surface area contributed by atoms with E-state index >= 15 is 0 Å². The summed E-state index contributed by atoms with van der Waals surface area (Å²) in [5, 5.41) is 0.848.